The fourth-order valence-electron chi connectivity index (χ4n) is 2.90. The van der Waals surface area contributed by atoms with Crippen LogP contribution in [0.1, 0.15) is 64.7 Å². The molecule has 0 N–H and O–H groups in total. The van der Waals surface area contributed by atoms with E-state index >= 15 is 0 Å². The van der Waals surface area contributed by atoms with Crippen molar-refractivity contribution in [3.05, 3.63) is 41.3 Å². The Balaban J connectivity index is 1.65. The fourth-order valence-corrected chi connectivity index (χ4v) is 3.89. The molecule has 1 heteroatoms. The van der Waals surface area contributed by atoms with Crippen LogP contribution in [0.5, 0.6) is 0 Å². The second kappa shape index (κ2) is 9.28. The normalized spacial score (nSPS) is 18.9. The smallest absolute Gasteiger partial charge is 0.0118 e. The molecule has 1 atom stereocenters. The van der Waals surface area contributed by atoms with E-state index < -0.39 is 0 Å². The SMILES string of the molecule is CCCCCCCC1CC=C(Sc2ccccc2)CC1. The minimum Gasteiger partial charge on any atom is -0.0949 e. The zero-order valence-corrected chi connectivity index (χ0v) is 13.6. The summed E-state index contributed by atoms with van der Waals surface area (Å²) in [6.45, 7) is 2.29. The summed E-state index contributed by atoms with van der Waals surface area (Å²) >= 11 is 1.96. The second-order valence-corrected chi connectivity index (χ2v) is 7.13. The molecule has 20 heavy (non-hydrogen) atoms. The Morgan fingerprint density at radius 1 is 1.05 bits per heavy atom. The summed E-state index contributed by atoms with van der Waals surface area (Å²) in [7, 11) is 0. The molecular formula is C19H28S. The molecule has 110 valence electrons. The van der Waals surface area contributed by atoms with Crippen LogP contribution in [-0.2, 0) is 0 Å². The molecule has 1 aliphatic rings. The lowest BCUT2D eigenvalue weighted by atomic mass is 9.89. The number of unbranched alkanes of at least 4 members (excludes halogenated alkanes) is 4. The quantitative estimate of drug-likeness (QED) is 0.473. The molecule has 1 unspecified atom stereocenters. The Morgan fingerprint density at radius 2 is 1.85 bits per heavy atom. The Hall–Kier alpha value is -0.690. The third-order valence-corrected chi connectivity index (χ3v) is 5.33. The van der Waals surface area contributed by atoms with Crippen molar-refractivity contribution in [1.82, 2.24) is 0 Å². The number of hydrogen-bond acceptors (Lipinski definition) is 1. The number of allylic oxidation sites excluding steroid dienone is 2. The molecule has 0 nitrogen and oxygen atoms in total. The summed E-state index contributed by atoms with van der Waals surface area (Å²) in [6, 6.07) is 10.8. The standard InChI is InChI=1S/C19H28S/c1-2-3-4-5-7-10-17-13-15-19(16-14-17)20-18-11-8-6-9-12-18/h6,8-9,11-12,15,17H,2-5,7,10,13-14,16H2,1H3. The summed E-state index contributed by atoms with van der Waals surface area (Å²) in [4.78, 5) is 2.97. The summed E-state index contributed by atoms with van der Waals surface area (Å²) in [5.74, 6) is 0.955. The molecule has 1 aliphatic carbocycles. The van der Waals surface area contributed by atoms with Crippen molar-refractivity contribution in [1.29, 1.82) is 0 Å². The molecule has 0 saturated heterocycles. The van der Waals surface area contributed by atoms with Crippen LogP contribution in [0.25, 0.3) is 0 Å². The van der Waals surface area contributed by atoms with Crippen LogP contribution in [0.3, 0.4) is 0 Å². The van der Waals surface area contributed by atoms with Gasteiger partial charge in [-0.1, -0.05) is 81.5 Å². The first-order valence-electron chi connectivity index (χ1n) is 8.30. The van der Waals surface area contributed by atoms with Crippen molar-refractivity contribution >= 4 is 11.8 Å². The Bertz CT molecular complexity index is 393. The molecule has 1 aromatic carbocycles. The van der Waals surface area contributed by atoms with Crippen molar-refractivity contribution in [2.24, 2.45) is 5.92 Å². The molecule has 2 rings (SSSR count). The van der Waals surface area contributed by atoms with Crippen molar-refractivity contribution in [3.63, 3.8) is 0 Å². The van der Waals surface area contributed by atoms with E-state index in [1.807, 2.05) is 11.8 Å². The molecule has 0 saturated carbocycles. The van der Waals surface area contributed by atoms with Gasteiger partial charge in [0.2, 0.25) is 0 Å². The Morgan fingerprint density at radius 3 is 2.55 bits per heavy atom. The van der Waals surface area contributed by atoms with Gasteiger partial charge in [-0.05, 0) is 42.2 Å². The first-order valence-corrected chi connectivity index (χ1v) is 9.12. The van der Waals surface area contributed by atoms with Crippen molar-refractivity contribution in [2.45, 2.75) is 69.6 Å². The van der Waals surface area contributed by atoms with Gasteiger partial charge in [-0.15, -0.1) is 0 Å². The summed E-state index contributed by atoms with van der Waals surface area (Å²) in [5, 5.41) is 0. The molecule has 0 heterocycles. The highest BCUT2D eigenvalue weighted by atomic mass is 32.2. The predicted octanol–water partition coefficient (Wildman–Crippen LogP) is 6.82. The van der Waals surface area contributed by atoms with E-state index in [0.29, 0.717) is 0 Å². The molecule has 1 aromatic rings. The van der Waals surface area contributed by atoms with Gasteiger partial charge in [-0.2, -0.15) is 0 Å². The van der Waals surface area contributed by atoms with E-state index in [0.717, 1.165) is 5.92 Å². The molecule has 0 radical (unpaired) electrons. The number of rotatable bonds is 8. The van der Waals surface area contributed by atoms with Gasteiger partial charge in [0.25, 0.3) is 0 Å². The average molecular weight is 289 g/mol. The fraction of sp³-hybridized carbons (Fsp3) is 0.579. The highest BCUT2D eigenvalue weighted by Gasteiger charge is 2.14. The Kier molecular flexibility index (Phi) is 7.28. The minimum absolute atomic E-state index is 0.955. The largest absolute Gasteiger partial charge is 0.0949 e. The highest BCUT2D eigenvalue weighted by molar-refractivity contribution is 8.03. The van der Waals surface area contributed by atoms with Crippen molar-refractivity contribution in [3.8, 4) is 0 Å². The molecule has 0 bridgehead atoms. The monoisotopic (exact) mass is 288 g/mol. The van der Waals surface area contributed by atoms with Gasteiger partial charge in [-0.25, -0.2) is 0 Å². The molecular weight excluding hydrogens is 260 g/mol. The lowest BCUT2D eigenvalue weighted by Gasteiger charge is -2.21. The van der Waals surface area contributed by atoms with Gasteiger partial charge in [0.1, 0.15) is 0 Å². The maximum Gasteiger partial charge on any atom is 0.0118 e. The second-order valence-electron chi connectivity index (χ2n) is 5.93. The maximum absolute atomic E-state index is 2.50. The lowest BCUT2D eigenvalue weighted by Crippen LogP contribution is -2.04. The van der Waals surface area contributed by atoms with Crippen LogP contribution in [0.2, 0.25) is 0 Å². The first kappa shape index (κ1) is 15.7. The summed E-state index contributed by atoms with van der Waals surface area (Å²) in [5.41, 5.74) is 0. The highest BCUT2D eigenvalue weighted by Crippen LogP contribution is 2.36. The van der Waals surface area contributed by atoms with Gasteiger partial charge in [0, 0.05) is 4.90 Å². The van der Waals surface area contributed by atoms with E-state index in [1.165, 1.54) is 62.7 Å². The number of benzene rings is 1. The van der Waals surface area contributed by atoms with E-state index in [4.69, 9.17) is 0 Å². The van der Waals surface area contributed by atoms with Crippen LogP contribution in [0.15, 0.2) is 46.2 Å². The third kappa shape index (κ3) is 5.75. The van der Waals surface area contributed by atoms with E-state index in [1.54, 1.807) is 4.91 Å². The van der Waals surface area contributed by atoms with Gasteiger partial charge < -0.3 is 0 Å². The topological polar surface area (TPSA) is 0 Å². The van der Waals surface area contributed by atoms with Crippen LogP contribution in [0, 0.1) is 5.92 Å². The predicted molar refractivity (Wildman–Crippen MR) is 91.1 cm³/mol. The molecule has 0 spiro atoms. The molecule has 0 fully saturated rings. The van der Waals surface area contributed by atoms with E-state index in [2.05, 4.69) is 43.3 Å². The molecule has 0 amide bonds. The zero-order chi connectivity index (χ0) is 14.0. The van der Waals surface area contributed by atoms with Gasteiger partial charge >= 0.3 is 0 Å². The molecule has 0 aliphatic heterocycles. The third-order valence-electron chi connectivity index (χ3n) is 4.19. The maximum atomic E-state index is 2.50. The lowest BCUT2D eigenvalue weighted by molar-refractivity contribution is 0.418. The minimum atomic E-state index is 0.955. The van der Waals surface area contributed by atoms with Crippen molar-refractivity contribution in [2.75, 3.05) is 0 Å². The van der Waals surface area contributed by atoms with Gasteiger partial charge in [-0.3, -0.25) is 0 Å². The Labute approximate surface area is 129 Å². The van der Waals surface area contributed by atoms with Crippen LogP contribution in [-0.4, -0.2) is 0 Å². The summed E-state index contributed by atoms with van der Waals surface area (Å²) < 4.78 is 0. The van der Waals surface area contributed by atoms with Crippen LogP contribution in [0.4, 0.5) is 0 Å². The number of hydrogen-bond donors (Lipinski definition) is 0. The first-order chi connectivity index (χ1) is 9.88. The van der Waals surface area contributed by atoms with Gasteiger partial charge in [0.05, 0.1) is 0 Å². The van der Waals surface area contributed by atoms with Gasteiger partial charge in [0.15, 0.2) is 0 Å². The van der Waals surface area contributed by atoms with E-state index in [-0.39, 0.29) is 0 Å². The zero-order valence-electron chi connectivity index (χ0n) is 12.8. The number of thioether (sulfide) groups is 1. The van der Waals surface area contributed by atoms with E-state index in [9.17, 15) is 0 Å². The van der Waals surface area contributed by atoms with Crippen LogP contribution >= 0.6 is 11.8 Å². The summed E-state index contributed by atoms with van der Waals surface area (Å²) in [6.07, 6.45) is 15.0. The van der Waals surface area contributed by atoms with Crippen LogP contribution < -0.4 is 0 Å². The average Bonchev–Trinajstić information content (AvgIpc) is 2.50. The van der Waals surface area contributed by atoms with Crippen molar-refractivity contribution < 1.29 is 0 Å². The molecule has 0 aromatic heterocycles.